The van der Waals surface area contributed by atoms with Crippen molar-refractivity contribution in [2.45, 2.75) is 117 Å². The lowest BCUT2D eigenvalue weighted by Crippen LogP contribution is -2.31. The maximum absolute atomic E-state index is 10.1. The summed E-state index contributed by atoms with van der Waals surface area (Å²) in [5, 5.41) is 13.3. The molecule has 2 atom stereocenters. The van der Waals surface area contributed by atoms with Crippen LogP contribution < -0.4 is 65.5 Å². The first-order chi connectivity index (χ1) is 45.7. The first kappa shape index (κ1) is 92.4. The molecule has 0 spiro atoms. The number of carbonyl (C=O) groups excluding carboxylic acids is 1. The van der Waals surface area contributed by atoms with E-state index in [1.807, 2.05) is 172 Å². The Morgan fingerprint density at radius 2 is 0.875 bits per heavy atom. The van der Waals surface area contributed by atoms with Crippen LogP contribution in [-0.2, 0) is 60.7 Å². The molecule has 0 bridgehead atoms. The summed E-state index contributed by atoms with van der Waals surface area (Å²) in [6, 6.07) is 41.5. The summed E-state index contributed by atoms with van der Waals surface area (Å²) in [5.74, 6) is 16.1. The van der Waals surface area contributed by atoms with E-state index in [1.165, 1.54) is 0 Å². The molecule has 0 radical (unpaired) electrons. The van der Waals surface area contributed by atoms with E-state index in [2.05, 4.69) is 42.5 Å². The Morgan fingerprint density at radius 1 is 0.500 bits per heavy atom. The number of hydrogen-bond acceptors (Lipinski definition) is 25. The number of phenolic OH excluding ortho intramolecular Hbond substituents is 1. The van der Waals surface area contributed by atoms with Gasteiger partial charge in [-0.1, -0.05) is 76.6 Å². The van der Waals surface area contributed by atoms with Gasteiger partial charge in [0.2, 0.25) is 0 Å². The molecule has 0 fully saturated rings. The number of aldehydes is 1. The number of nitrogens with one attached hydrogen (secondary N) is 1. The van der Waals surface area contributed by atoms with Crippen LogP contribution in [0.1, 0.15) is 80.4 Å². The molecule has 96 heavy (non-hydrogen) atoms. The minimum absolute atomic E-state index is 0. The Bertz CT molecular complexity index is 2820. The van der Waals surface area contributed by atoms with Crippen LogP contribution in [0.2, 0.25) is 0 Å². The van der Waals surface area contributed by atoms with Crippen molar-refractivity contribution in [3.8, 4) is 57.5 Å². The number of methoxy groups -OCH3 is 2. The number of ether oxygens (including phenoxy) is 13. The third-order valence-corrected chi connectivity index (χ3v) is 13.4. The predicted molar refractivity (Wildman–Crippen MR) is 392 cm³/mol. The number of phenols is 1. The van der Waals surface area contributed by atoms with Crippen molar-refractivity contribution in [3.05, 3.63) is 145 Å². The van der Waals surface area contributed by atoms with E-state index in [1.54, 1.807) is 38.5 Å². The van der Waals surface area contributed by atoms with Crippen LogP contribution in [0.3, 0.4) is 0 Å². The highest BCUT2D eigenvalue weighted by molar-refractivity contribution is 14.0. The van der Waals surface area contributed by atoms with Gasteiger partial charge in [-0.3, -0.25) is 4.79 Å². The lowest BCUT2D eigenvalue weighted by atomic mass is 10.1. The lowest BCUT2D eigenvalue weighted by molar-refractivity contribution is -0.195. The third kappa shape index (κ3) is 42.2. The predicted octanol–water partition coefficient (Wildman–Crippen LogP) is 12.7. The van der Waals surface area contributed by atoms with Gasteiger partial charge in [0.05, 0.1) is 79.9 Å². The highest BCUT2D eigenvalue weighted by atomic mass is 127. The molecule has 0 aliphatic carbocycles. The van der Waals surface area contributed by atoms with Crippen LogP contribution in [0.4, 0.5) is 0 Å². The molecule has 542 valence electrons. The average molecular weight is 1570 g/mol. The molecule has 0 saturated carbocycles. The fraction of sp³-hybridized carbons (Fsp3) is 0.456. The van der Waals surface area contributed by atoms with Gasteiger partial charge >= 0.3 is 0 Å². The van der Waals surface area contributed by atoms with E-state index >= 15 is 0 Å². The normalized spacial score (nSPS) is 10.8. The third-order valence-electron chi connectivity index (χ3n) is 11.6. The smallest absolute Gasteiger partial charge is 0.191 e. The SMILES string of the molecule is CCOC(CBr)OCC.CCOc1ccccc1O.CCOc1ccccc1OCC(OCC)OCC.CCOc1ccccc1OCC=O.CCOc1ccccc1OCCNC(C)Cc1ccc(OC)c(SOON)c1.COc1ccc(CC(C)N)cc1SOON.I.[OH3+]. The number of aromatic hydroxyl groups is 1. The summed E-state index contributed by atoms with van der Waals surface area (Å²) in [6.45, 7) is 26.2. The second-order valence-corrected chi connectivity index (χ2v) is 20.9. The van der Waals surface area contributed by atoms with E-state index in [4.69, 9.17) is 88.5 Å². The van der Waals surface area contributed by atoms with Crippen molar-refractivity contribution in [2.24, 2.45) is 17.5 Å². The second-order valence-electron chi connectivity index (χ2n) is 18.7. The number of halogens is 2. The Hall–Kier alpha value is -5.62. The second kappa shape index (κ2) is 61.7. The molecule has 6 aromatic carbocycles. The van der Waals surface area contributed by atoms with Gasteiger partial charge in [-0.05, 0) is 166 Å². The highest BCUT2D eigenvalue weighted by Gasteiger charge is 2.14. The van der Waals surface area contributed by atoms with E-state index < -0.39 is 0 Å². The van der Waals surface area contributed by atoms with Crippen molar-refractivity contribution >= 4 is 70.3 Å². The quantitative estimate of drug-likeness (QED) is 0.00275. The number of para-hydroxylation sites is 8. The maximum Gasteiger partial charge on any atom is 0.191 e. The zero-order valence-corrected chi connectivity index (χ0v) is 63.0. The number of hydrogen-bond donors (Lipinski definition) is 5. The maximum atomic E-state index is 10.1. The van der Waals surface area contributed by atoms with E-state index in [9.17, 15) is 4.79 Å². The van der Waals surface area contributed by atoms with E-state index in [-0.39, 0.29) is 66.5 Å². The Labute approximate surface area is 602 Å². The topological polar surface area (TPSA) is 317 Å². The van der Waals surface area contributed by atoms with Crippen LogP contribution in [0, 0.1) is 0 Å². The van der Waals surface area contributed by atoms with Crippen molar-refractivity contribution in [1.82, 2.24) is 5.32 Å². The molecule has 0 aromatic heterocycles. The number of nitrogens with two attached hydrogens (primary N) is 3. The van der Waals surface area contributed by atoms with Gasteiger partial charge in [-0.15, -0.1) is 42.6 Å². The molecule has 0 amide bonds. The molecule has 0 aliphatic heterocycles. The van der Waals surface area contributed by atoms with Crippen molar-refractivity contribution < 1.29 is 95.6 Å². The Morgan fingerprint density at radius 3 is 1.25 bits per heavy atom. The molecule has 2 unspecified atom stereocenters. The molecule has 24 nitrogen and oxygen atoms in total. The Balaban J connectivity index is 0. The van der Waals surface area contributed by atoms with Gasteiger partial charge in [0.1, 0.15) is 31.3 Å². The summed E-state index contributed by atoms with van der Waals surface area (Å²) in [4.78, 5) is 19.9. The van der Waals surface area contributed by atoms with Crippen LogP contribution in [0.5, 0.6) is 57.5 Å². The molecular weight excluding hydrogens is 1460 g/mol. The van der Waals surface area contributed by atoms with Gasteiger partial charge in [0.15, 0.2) is 64.9 Å². The molecule has 6 rings (SSSR count). The van der Waals surface area contributed by atoms with Gasteiger partial charge in [-0.2, -0.15) is 11.8 Å². The average Bonchev–Trinajstić information content (AvgIpc) is 1.29. The highest BCUT2D eigenvalue weighted by Crippen LogP contribution is 2.33. The largest absolute Gasteiger partial charge is 0.504 e. The van der Waals surface area contributed by atoms with Gasteiger partial charge in [-0.25, -0.2) is 0 Å². The standard InChI is InChI=1S/C20H28N2O5S.C14H22O4.C10H16N2O3S.C10H12O3.C8H10O2.C6H13BrO2.HI.H2O/c1-4-24-17-7-5-6-8-18(17)25-12-11-22-15(2)13-16-9-10-19(23-3)20(14-16)28-27-26-21;1-4-15-12-9-7-8-10-13(12)18-11-14(16-5-2)17-6-3;1-7(11)5-8-3-4-9(13-2)10(6-8)16-15-14-12;1-2-12-9-5-3-4-6-10(9)13-8-7-11;1-2-10-8-6-4-3-5-7(8)9;1-3-8-6(5-7)9-4-2;;/h5-10,14-15,22H,4,11-13,21H2,1-3H3;7-10,14H,4-6,11H2,1-3H3;3-4,6-7H,5,11-12H2,1-2H3;3-7H,2,8H2,1H3;3-6,9H,2H2,1H3;6H,3-5H2,1-2H3;1H;1H2/p+1. The number of benzene rings is 6. The molecule has 0 aliphatic rings. The van der Waals surface area contributed by atoms with Crippen molar-refractivity contribution in [1.29, 1.82) is 0 Å². The molecule has 0 saturated heterocycles. The van der Waals surface area contributed by atoms with Gasteiger partial charge in [0.25, 0.3) is 0 Å². The van der Waals surface area contributed by atoms with E-state index in [0.717, 1.165) is 87.0 Å². The molecule has 11 N–H and O–H groups in total. The number of rotatable bonds is 40. The monoisotopic (exact) mass is 1570 g/mol. The fourth-order valence-electron chi connectivity index (χ4n) is 7.78. The van der Waals surface area contributed by atoms with Crippen LogP contribution in [0.25, 0.3) is 0 Å². The van der Waals surface area contributed by atoms with Crippen molar-refractivity contribution in [2.75, 3.05) is 98.8 Å². The molecular formula is C68H105BrIN4O20S2+. The zero-order chi connectivity index (χ0) is 69.4. The minimum atomic E-state index is -0.338. The molecule has 28 heteroatoms. The van der Waals surface area contributed by atoms with E-state index in [0.29, 0.717) is 107 Å². The summed E-state index contributed by atoms with van der Waals surface area (Å²) in [6.07, 6.45) is 1.94. The number of alkyl halides is 1. The van der Waals surface area contributed by atoms with Crippen LogP contribution >= 0.6 is 64.0 Å². The Kier molecular flexibility index (Phi) is 59.4. The molecule has 0 heterocycles. The van der Waals surface area contributed by atoms with Gasteiger partial charge < -0.3 is 83.2 Å². The fourth-order valence-corrected chi connectivity index (χ4v) is 9.24. The van der Waals surface area contributed by atoms with Gasteiger partial charge in [0, 0.05) is 45.1 Å². The summed E-state index contributed by atoms with van der Waals surface area (Å²) in [5.41, 5.74) is 7.99. The zero-order valence-electron chi connectivity index (χ0n) is 57.4. The first-order valence-corrected chi connectivity index (χ1v) is 33.5. The number of carbonyl (C=O) groups is 1. The van der Waals surface area contributed by atoms with Crippen LogP contribution in [-0.4, -0.2) is 135 Å². The van der Waals surface area contributed by atoms with Crippen LogP contribution in [0.15, 0.2) is 143 Å². The summed E-state index contributed by atoms with van der Waals surface area (Å²) >= 11 is 5.28. The molecule has 6 aromatic rings. The summed E-state index contributed by atoms with van der Waals surface area (Å²) in [7, 11) is 3.20. The first-order valence-electron chi connectivity index (χ1n) is 30.9. The summed E-state index contributed by atoms with van der Waals surface area (Å²) < 4.78 is 79.1. The van der Waals surface area contributed by atoms with Crippen molar-refractivity contribution in [3.63, 3.8) is 0 Å². The lowest BCUT2D eigenvalue weighted by Gasteiger charge is -2.18. The minimum Gasteiger partial charge on any atom is -0.504 e.